The van der Waals surface area contributed by atoms with Gasteiger partial charge in [-0.2, -0.15) is 9.40 Å². The van der Waals surface area contributed by atoms with Gasteiger partial charge < -0.3 is 4.74 Å². The van der Waals surface area contributed by atoms with Gasteiger partial charge in [-0.05, 0) is 45.7 Å². The Kier molecular flexibility index (Phi) is 5.15. The van der Waals surface area contributed by atoms with Crippen molar-refractivity contribution >= 4 is 15.9 Å². The van der Waals surface area contributed by atoms with E-state index in [0.717, 1.165) is 23.1 Å². The third-order valence-corrected chi connectivity index (χ3v) is 6.66. The molecule has 1 aliphatic heterocycles. The van der Waals surface area contributed by atoms with Gasteiger partial charge in [-0.3, -0.25) is 4.79 Å². The average Bonchev–Trinajstić information content (AvgIpc) is 3.23. The molecule has 0 N–H and O–H groups in total. The van der Waals surface area contributed by atoms with Crippen LogP contribution in [-0.4, -0.2) is 48.1 Å². The summed E-state index contributed by atoms with van der Waals surface area (Å²) < 4.78 is 33.8. The number of ether oxygens (including phenoxy) is 1. The number of nitrogens with zero attached hydrogens (tertiary/aromatic N) is 3. The van der Waals surface area contributed by atoms with Gasteiger partial charge in [0.2, 0.25) is 10.0 Å². The van der Waals surface area contributed by atoms with Gasteiger partial charge >= 0.3 is 0 Å². The van der Waals surface area contributed by atoms with E-state index in [1.807, 2.05) is 19.1 Å². The number of carbonyl (C=O) groups is 1. The Balaban J connectivity index is 1.80. The molecule has 1 aliphatic rings. The van der Waals surface area contributed by atoms with Crippen LogP contribution in [0.15, 0.2) is 29.2 Å². The summed E-state index contributed by atoms with van der Waals surface area (Å²) in [6.07, 6.45) is 1.71. The van der Waals surface area contributed by atoms with Crippen molar-refractivity contribution in [3.8, 4) is 5.75 Å². The van der Waals surface area contributed by atoms with E-state index >= 15 is 0 Å². The van der Waals surface area contributed by atoms with E-state index in [-0.39, 0.29) is 11.5 Å². The highest BCUT2D eigenvalue weighted by atomic mass is 32.2. The number of carbonyl (C=O) groups excluding carboxylic acids is 1. The van der Waals surface area contributed by atoms with Gasteiger partial charge in [0.05, 0.1) is 11.4 Å². The zero-order valence-electron chi connectivity index (χ0n) is 15.2. The van der Waals surface area contributed by atoms with Crippen molar-refractivity contribution in [2.24, 2.45) is 0 Å². The Morgan fingerprint density at radius 3 is 2.35 bits per heavy atom. The second-order valence-electron chi connectivity index (χ2n) is 6.52. The largest absolute Gasteiger partial charge is 0.484 e. The molecule has 0 atom stereocenters. The summed E-state index contributed by atoms with van der Waals surface area (Å²) in [7, 11) is -3.63. The zero-order valence-corrected chi connectivity index (χ0v) is 16.0. The summed E-state index contributed by atoms with van der Waals surface area (Å²) in [5.74, 6) is 0.171. The summed E-state index contributed by atoms with van der Waals surface area (Å²) in [5, 5.41) is 4.16. The van der Waals surface area contributed by atoms with Crippen molar-refractivity contribution in [2.45, 2.75) is 38.5 Å². The molecule has 26 heavy (non-hydrogen) atoms. The van der Waals surface area contributed by atoms with Crippen LogP contribution in [0, 0.1) is 20.8 Å². The molecule has 1 aromatic carbocycles. The van der Waals surface area contributed by atoms with E-state index < -0.39 is 15.9 Å². The molecule has 1 saturated heterocycles. The SMILES string of the molecule is Cc1ccc(OCC(=O)n2nc(C)c(S(=O)(=O)N3CCCC3)c2C)cc1. The molecule has 0 saturated carbocycles. The fourth-order valence-electron chi connectivity index (χ4n) is 3.14. The lowest BCUT2D eigenvalue weighted by Crippen LogP contribution is -2.29. The standard InChI is InChI=1S/C18H23N3O4S/c1-13-6-8-16(9-7-13)25-12-17(22)21-15(3)18(14(2)19-21)26(23,24)20-10-4-5-11-20/h6-9H,4-5,10-12H2,1-3H3. The molecule has 0 amide bonds. The molecule has 2 aromatic rings. The van der Waals surface area contributed by atoms with Gasteiger partial charge in [-0.25, -0.2) is 13.1 Å². The Morgan fingerprint density at radius 2 is 1.73 bits per heavy atom. The van der Waals surface area contributed by atoms with Gasteiger partial charge in [0.25, 0.3) is 5.91 Å². The molecule has 7 nitrogen and oxygen atoms in total. The number of aryl methyl sites for hydroxylation is 2. The van der Waals surface area contributed by atoms with E-state index in [0.29, 0.717) is 30.2 Å². The van der Waals surface area contributed by atoms with Crippen LogP contribution in [0.2, 0.25) is 0 Å². The van der Waals surface area contributed by atoms with E-state index in [2.05, 4.69) is 5.10 Å². The topological polar surface area (TPSA) is 81.5 Å². The van der Waals surface area contributed by atoms with Crippen molar-refractivity contribution in [2.75, 3.05) is 19.7 Å². The number of aromatic nitrogens is 2. The van der Waals surface area contributed by atoms with Crippen LogP contribution >= 0.6 is 0 Å². The molecular formula is C18H23N3O4S. The van der Waals surface area contributed by atoms with Gasteiger partial charge in [-0.15, -0.1) is 0 Å². The molecule has 140 valence electrons. The van der Waals surface area contributed by atoms with Gasteiger partial charge in [0.1, 0.15) is 10.6 Å². The van der Waals surface area contributed by atoms with Crippen LogP contribution in [0.4, 0.5) is 0 Å². The Bertz CT molecular complexity index is 911. The maximum atomic E-state index is 12.9. The third-order valence-electron chi connectivity index (χ3n) is 4.51. The van der Waals surface area contributed by atoms with Crippen molar-refractivity contribution < 1.29 is 17.9 Å². The number of benzene rings is 1. The maximum Gasteiger partial charge on any atom is 0.285 e. The minimum Gasteiger partial charge on any atom is -0.484 e. The lowest BCUT2D eigenvalue weighted by Gasteiger charge is -2.15. The monoisotopic (exact) mass is 377 g/mol. The maximum absolute atomic E-state index is 12.9. The van der Waals surface area contributed by atoms with Crippen LogP contribution < -0.4 is 4.74 Å². The first-order valence-corrected chi connectivity index (χ1v) is 10.0. The first-order valence-electron chi connectivity index (χ1n) is 8.60. The Morgan fingerprint density at radius 1 is 1.12 bits per heavy atom. The van der Waals surface area contributed by atoms with Crippen molar-refractivity contribution in [3.05, 3.63) is 41.2 Å². The number of rotatable bonds is 5. The molecule has 0 radical (unpaired) electrons. The van der Waals surface area contributed by atoms with Crippen molar-refractivity contribution in [1.82, 2.24) is 14.1 Å². The van der Waals surface area contributed by atoms with Crippen LogP contribution in [0.5, 0.6) is 5.75 Å². The second-order valence-corrected chi connectivity index (χ2v) is 8.39. The number of hydrogen-bond acceptors (Lipinski definition) is 5. The van der Waals surface area contributed by atoms with Crippen LogP contribution in [-0.2, 0) is 10.0 Å². The molecule has 0 bridgehead atoms. The first kappa shape index (κ1) is 18.6. The molecule has 0 unspecified atom stereocenters. The summed E-state index contributed by atoms with van der Waals surface area (Å²) in [6, 6.07) is 7.35. The molecular weight excluding hydrogens is 354 g/mol. The fraction of sp³-hybridized carbons (Fsp3) is 0.444. The minimum atomic E-state index is -3.63. The predicted molar refractivity (Wildman–Crippen MR) is 97.0 cm³/mol. The summed E-state index contributed by atoms with van der Waals surface area (Å²) in [6.45, 7) is 5.99. The minimum absolute atomic E-state index is 0.128. The van der Waals surface area contributed by atoms with E-state index in [4.69, 9.17) is 4.74 Å². The predicted octanol–water partition coefficient (Wildman–Crippen LogP) is 2.31. The lowest BCUT2D eigenvalue weighted by atomic mass is 10.2. The normalized spacial score (nSPS) is 15.3. The first-order chi connectivity index (χ1) is 12.3. The number of sulfonamides is 1. The third kappa shape index (κ3) is 3.52. The van der Waals surface area contributed by atoms with Crippen LogP contribution in [0.3, 0.4) is 0 Å². The highest BCUT2D eigenvalue weighted by Gasteiger charge is 2.33. The smallest absolute Gasteiger partial charge is 0.285 e. The fourth-order valence-corrected chi connectivity index (χ4v) is 5.01. The lowest BCUT2D eigenvalue weighted by molar-refractivity contribution is 0.0818. The summed E-state index contributed by atoms with van der Waals surface area (Å²) >= 11 is 0. The second kappa shape index (κ2) is 7.20. The zero-order chi connectivity index (χ0) is 18.9. The van der Waals surface area contributed by atoms with E-state index in [1.54, 1.807) is 26.0 Å². The highest BCUT2D eigenvalue weighted by Crippen LogP contribution is 2.26. The molecule has 2 heterocycles. The summed E-state index contributed by atoms with van der Waals surface area (Å²) in [4.78, 5) is 12.6. The molecule has 1 fully saturated rings. The van der Waals surface area contributed by atoms with Crippen LogP contribution in [0.1, 0.15) is 34.6 Å². The van der Waals surface area contributed by atoms with Crippen LogP contribution in [0.25, 0.3) is 0 Å². The van der Waals surface area contributed by atoms with Gasteiger partial charge in [0.15, 0.2) is 6.61 Å². The van der Waals surface area contributed by atoms with Crippen molar-refractivity contribution in [3.63, 3.8) is 0 Å². The molecule has 3 rings (SSSR count). The average molecular weight is 377 g/mol. The summed E-state index contributed by atoms with van der Waals surface area (Å²) in [5.41, 5.74) is 1.75. The Hall–Kier alpha value is -2.19. The van der Waals surface area contributed by atoms with Gasteiger partial charge in [0, 0.05) is 13.1 Å². The van der Waals surface area contributed by atoms with E-state index in [1.165, 1.54) is 4.31 Å². The molecule has 8 heteroatoms. The molecule has 0 spiro atoms. The van der Waals surface area contributed by atoms with Crippen molar-refractivity contribution in [1.29, 1.82) is 0 Å². The van der Waals surface area contributed by atoms with E-state index in [9.17, 15) is 13.2 Å². The Labute approximate surface area is 153 Å². The quantitative estimate of drug-likeness (QED) is 0.799. The highest BCUT2D eigenvalue weighted by molar-refractivity contribution is 7.89. The molecule has 0 aliphatic carbocycles. The van der Waals surface area contributed by atoms with Gasteiger partial charge in [-0.1, -0.05) is 17.7 Å². The molecule has 1 aromatic heterocycles. The number of hydrogen-bond donors (Lipinski definition) is 0.